The van der Waals surface area contributed by atoms with E-state index in [2.05, 4.69) is 5.32 Å². The van der Waals surface area contributed by atoms with Crippen LogP contribution in [0.15, 0.2) is 0 Å². The summed E-state index contributed by atoms with van der Waals surface area (Å²) < 4.78 is 5.69. The molecule has 2 N–H and O–H groups in total. The molecule has 0 unspecified atom stereocenters. The van der Waals surface area contributed by atoms with E-state index in [9.17, 15) is 9.59 Å². The lowest BCUT2D eigenvalue weighted by atomic mass is 9.78. The minimum Gasteiger partial charge on any atom is -0.481 e. The van der Waals surface area contributed by atoms with Crippen LogP contribution in [0.3, 0.4) is 0 Å². The number of hydrogen-bond acceptors (Lipinski definition) is 3. The highest BCUT2D eigenvalue weighted by atomic mass is 16.5. The van der Waals surface area contributed by atoms with Crippen molar-refractivity contribution < 1.29 is 19.4 Å². The van der Waals surface area contributed by atoms with Crippen LogP contribution in [0.5, 0.6) is 0 Å². The average Bonchev–Trinajstić information content (AvgIpc) is 2.44. The largest absolute Gasteiger partial charge is 0.481 e. The molecule has 3 aliphatic rings. The van der Waals surface area contributed by atoms with Crippen molar-refractivity contribution >= 4 is 11.9 Å². The van der Waals surface area contributed by atoms with Crippen molar-refractivity contribution in [3.8, 4) is 0 Å². The molecule has 0 aromatic heterocycles. The summed E-state index contributed by atoms with van der Waals surface area (Å²) in [6, 6.07) is 0. The van der Waals surface area contributed by atoms with Crippen LogP contribution in [0, 0.1) is 0 Å². The van der Waals surface area contributed by atoms with Gasteiger partial charge in [0.15, 0.2) is 0 Å². The first kappa shape index (κ1) is 15.3. The summed E-state index contributed by atoms with van der Waals surface area (Å²) >= 11 is 0. The quantitative estimate of drug-likeness (QED) is 0.670. The zero-order valence-electron chi connectivity index (χ0n) is 12.0. The first-order chi connectivity index (χ1) is 9.60. The molecule has 1 saturated carbocycles. The number of carbonyl (C=O) groups is 2. The molecule has 3 fully saturated rings. The van der Waals surface area contributed by atoms with Crippen LogP contribution in [0.2, 0.25) is 0 Å². The maximum atomic E-state index is 12.0. The molecule has 1 aliphatic carbocycles. The molecule has 0 aromatic rings. The maximum Gasteiger partial charge on any atom is 0.303 e. The van der Waals surface area contributed by atoms with Gasteiger partial charge in [-0.1, -0.05) is 12.8 Å². The number of aliphatic carboxylic acids is 1. The highest BCUT2D eigenvalue weighted by Crippen LogP contribution is 2.36. The van der Waals surface area contributed by atoms with Gasteiger partial charge in [-0.2, -0.15) is 0 Å². The molecular formula is C15H25NO4. The zero-order valence-corrected chi connectivity index (χ0v) is 12.0. The van der Waals surface area contributed by atoms with Gasteiger partial charge in [-0.05, 0) is 38.5 Å². The molecule has 114 valence electrons. The second kappa shape index (κ2) is 7.07. The Bertz CT molecular complexity index is 334. The van der Waals surface area contributed by atoms with Crippen molar-refractivity contribution in [3.05, 3.63) is 0 Å². The fourth-order valence-corrected chi connectivity index (χ4v) is 3.17. The van der Waals surface area contributed by atoms with Crippen molar-refractivity contribution in [3.63, 3.8) is 0 Å². The summed E-state index contributed by atoms with van der Waals surface area (Å²) in [4.78, 5) is 22.3. The van der Waals surface area contributed by atoms with Gasteiger partial charge in [0.1, 0.15) is 0 Å². The van der Waals surface area contributed by atoms with Crippen LogP contribution in [0.1, 0.15) is 64.2 Å². The number of carboxylic acid groups (broad SMARTS) is 1. The number of hydrogen-bond donors (Lipinski definition) is 2. The summed E-state index contributed by atoms with van der Waals surface area (Å²) in [6.45, 7) is 0.669. The lowest BCUT2D eigenvalue weighted by Gasteiger charge is -2.46. The second-order valence-electron chi connectivity index (χ2n) is 6.15. The van der Waals surface area contributed by atoms with Gasteiger partial charge in [0.2, 0.25) is 5.91 Å². The van der Waals surface area contributed by atoms with Crippen LogP contribution >= 0.6 is 0 Å². The molecular weight excluding hydrogens is 258 g/mol. The van der Waals surface area contributed by atoms with E-state index in [1.807, 2.05) is 0 Å². The van der Waals surface area contributed by atoms with Crippen LogP contribution < -0.4 is 5.32 Å². The molecule has 20 heavy (non-hydrogen) atoms. The Labute approximate surface area is 120 Å². The molecule has 1 amide bonds. The molecule has 2 bridgehead atoms. The molecule has 2 aliphatic heterocycles. The Balaban J connectivity index is 1.57. The molecule has 0 radical (unpaired) electrons. The second-order valence-corrected chi connectivity index (χ2v) is 6.15. The molecule has 5 heteroatoms. The van der Waals surface area contributed by atoms with Crippen LogP contribution in [0.25, 0.3) is 0 Å². The van der Waals surface area contributed by atoms with Crippen LogP contribution in [-0.2, 0) is 14.3 Å². The number of rotatable bonds is 8. The van der Waals surface area contributed by atoms with E-state index < -0.39 is 5.97 Å². The number of nitrogens with one attached hydrogen (secondary N) is 1. The van der Waals surface area contributed by atoms with E-state index in [-0.39, 0.29) is 17.9 Å². The lowest BCUT2D eigenvalue weighted by molar-refractivity contribution is -0.137. The summed E-state index contributed by atoms with van der Waals surface area (Å²) in [7, 11) is 0. The summed E-state index contributed by atoms with van der Waals surface area (Å²) in [5, 5.41) is 11.7. The number of ether oxygens (including phenoxy) is 1. The molecule has 0 aromatic carbocycles. The van der Waals surface area contributed by atoms with Crippen molar-refractivity contribution in [2.45, 2.75) is 75.9 Å². The molecule has 0 spiro atoms. The van der Waals surface area contributed by atoms with Gasteiger partial charge in [-0.15, -0.1) is 0 Å². The molecule has 2 saturated heterocycles. The third-order valence-corrected chi connectivity index (χ3v) is 4.43. The first-order valence-corrected chi connectivity index (χ1v) is 7.74. The van der Waals surface area contributed by atoms with Gasteiger partial charge in [0, 0.05) is 12.8 Å². The predicted molar refractivity (Wildman–Crippen MR) is 74.4 cm³/mol. The van der Waals surface area contributed by atoms with Gasteiger partial charge in [0.05, 0.1) is 18.2 Å². The van der Waals surface area contributed by atoms with Gasteiger partial charge >= 0.3 is 5.97 Å². The van der Waals surface area contributed by atoms with Crippen molar-refractivity contribution in [2.24, 2.45) is 0 Å². The van der Waals surface area contributed by atoms with E-state index in [1.54, 1.807) is 0 Å². The van der Waals surface area contributed by atoms with Gasteiger partial charge in [-0.3, -0.25) is 9.59 Å². The molecule has 0 atom stereocenters. The third kappa shape index (κ3) is 4.47. The smallest absolute Gasteiger partial charge is 0.303 e. The number of carboxylic acids is 1. The highest BCUT2D eigenvalue weighted by Gasteiger charge is 2.42. The molecule has 3 rings (SSSR count). The van der Waals surface area contributed by atoms with E-state index in [0.29, 0.717) is 25.6 Å². The van der Waals surface area contributed by atoms with Gasteiger partial charge in [-0.25, -0.2) is 0 Å². The number of carbonyl (C=O) groups excluding carboxylic acids is 1. The van der Waals surface area contributed by atoms with E-state index in [1.165, 1.54) is 0 Å². The minimum absolute atomic E-state index is 0.102. The number of fused-ring (bicyclic) bond motifs is 3. The summed E-state index contributed by atoms with van der Waals surface area (Å²) in [6.07, 6.45) is 8.76. The molecule has 2 heterocycles. The Kier molecular flexibility index (Phi) is 5.40. The Morgan fingerprint density at radius 1 is 1.10 bits per heavy atom. The monoisotopic (exact) mass is 283 g/mol. The minimum atomic E-state index is -0.741. The summed E-state index contributed by atoms with van der Waals surface area (Å²) in [5.41, 5.74) is -0.102. The standard InChI is InChI=1S/C15H25NO4/c17-13(5-3-1-2-4-6-14(18)19)16-15-9-7-12(8-10-15)20-11-15/h12H,1-11H2,(H,16,17)(H,18,19). The van der Waals surface area contributed by atoms with E-state index >= 15 is 0 Å². The van der Waals surface area contributed by atoms with Gasteiger partial charge < -0.3 is 15.2 Å². The van der Waals surface area contributed by atoms with Crippen molar-refractivity contribution in [2.75, 3.05) is 6.61 Å². The Morgan fingerprint density at radius 3 is 2.30 bits per heavy atom. The topological polar surface area (TPSA) is 75.6 Å². The third-order valence-electron chi connectivity index (χ3n) is 4.43. The fourth-order valence-electron chi connectivity index (χ4n) is 3.17. The summed E-state index contributed by atoms with van der Waals surface area (Å²) in [5.74, 6) is -0.623. The number of unbranched alkanes of at least 4 members (excludes halogenated alkanes) is 3. The fraction of sp³-hybridized carbons (Fsp3) is 0.867. The Morgan fingerprint density at radius 2 is 1.75 bits per heavy atom. The zero-order chi connectivity index (χ0) is 14.4. The first-order valence-electron chi connectivity index (χ1n) is 7.74. The van der Waals surface area contributed by atoms with Crippen LogP contribution in [0.4, 0.5) is 0 Å². The van der Waals surface area contributed by atoms with Gasteiger partial charge in [0.25, 0.3) is 0 Å². The predicted octanol–water partition coefficient (Wildman–Crippen LogP) is 2.24. The lowest BCUT2D eigenvalue weighted by Crippen LogP contribution is -2.58. The van der Waals surface area contributed by atoms with E-state index in [0.717, 1.165) is 44.9 Å². The van der Waals surface area contributed by atoms with Crippen molar-refractivity contribution in [1.29, 1.82) is 0 Å². The highest BCUT2D eigenvalue weighted by molar-refractivity contribution is 5.76. The SMILES string of the molecule is O=C(O)CCCCCCC(=O)NC12CCC(CC1)OC2. The maximum absolute atomic E-state index is 12.0. The van der Waals surface area contributed by atoms with Crippen LogP contribution in [-0.4, -0.2) is 35.2 Å². The number of amides is 1. The van der Waals surface area contributed by atoms with Crippen molar-refractivity contribution in [1.82, 2.24) is 5.32 Å². The van der Waals surface area contributed by atoms with E-state index in [4.69, 9.17) is 9.84 Å². The average molecular weight is 283 g/mol. The normalized spacial score (nSPS) is 28.3. The Hall–Kier alpha value is -1.10. The molecule has 5 nitrogen and oxygen atoms in total.